The molecule has 3 heteroatoms. The molecule has 1 aliphatic rings. The van der Waals surface area contributed by atoms with Crippen LogP contribution in [0.5, 0.6) is 5.75 Å². The van der Waals surface area contributed by atoms with Crippen molar-refractivity contribution in [3.63, 3.8) is 0 Å². The molecule has 8 rings (SSSR count). The third-order valence-corrected chi connectivity index (χ3v) is 9.95. The molecule has 1 atom stereocenters. The van der Waals surface area contributed by atoms with Crippen LogP contribution in [0.4, 0.5) is 0 Å². The van der Waals surface area contributed by atoms with Crippen molar-refractivity contribution in [2.75, 3.05) is 0 Å². The van der Waals surface area contributed by atoms with Gasteiger partial charge in [0, 0.05) is 15.8 Å². The van der Waals surface area contributed by atoms with Gasteiger partial charge in [0.1, 0.15) is 12.4 Å². The first-order chi connectivity index (χ1) is 20.7. The first-order valence-corrected chi connectivity index (χ1v) is 15.5. The Bertz CT molecular complexity index is 2090. The monoisotopic (exact) mass is 561 g/mol. The van der Waals surface area contributed by atoms with Crippen molar-refractivity contribution < 1.29 is 4.74 Å². The van der Waals surface area contributed by atoms with Gasteiger partial charge < -0.3 is 10.5 Å². The summed E-state index contributed by atoms with van der Waals surface area (Å²) in [5.74, 6) is 0.919. The molecule has 6 aromatic carbocycles. The van der Waals surface area contributed by atoms with Crippen molar-refractivity contribution in [3.05, 3.63) is 149 Å². The molecular formula is C39H31NOS. The lowest BCUT2D eigenvalue weighted by atomic mass is 9.72. The zero-order valence-electron chi connectivity index (χ0n) is 23.3. The van der Waals surface area contributed by atoms with E-state index in [2.05, 4.69) is 109 Å². The van der Waals surface area contributed by atoms with E-state index in [1.807, 2.05) is 18.2 Å². The van der Waals surface area contributed by atoms with Gasteiger partial charge in [-0.05, 0) is 85.5 Å². The third kappa shape index (κ3) is 4.28. The van der Waals surface area contributed by atoms with E-state index in [0.29, 0.717) is 6.61 Å². The average Bonchev–Trinajstić information content (AvgIpc) is 3.52. The van der Waals surface area contributed by atoms with Crippen LogP contribution < -0.4 is 10.5 Å². The Morgan fingerprint density at radius 3 is 2.36 bits per heavy atom. The van der Waals surface area contributed by atoms with Crippen LogP contribution in [0.25, 0.3) is 42.8 Å². The van der Waals surface area contributed by atoms with Crippen molar-refractivity contribution in [1.29, 1.82) is 0 Å². The lowest BCUT2D eigenvalue weighted by Gasteiger charge is -2.36. The summed E-state index contributed by atoms with van der Waals surface area (Å²) in [4.78, 5) is 1.23. The van der Waals surface area contributed by atoms with Gasteiger partial charge in [0.25, 0.3) is 0 Å². The van der Waals surface area contributed by atoms with E-state index in [4.69, 9.17) is 10.5 Å². The summed E-state index contributed by atoms with van der Waals surface area (Å²) in [5.41, 5.74) is 13.4. The van der Waals surface area contributed by atoms with Crippen LogP contribution in [0.2, 0.25) is 0 Å². The SMILES string of the molecule is NC1(c2cccc3ccccc23)CCc2c(ccc3c2ccc2c(-c4cc(OCc5ccccc5)cs4)cccc23)C1. The first kappa shape index (κ1) is 25.3. The number of benzene rings is 6. The molecule has 0 spiro atoms. The molecule has 0 radical (unpaired) electrons. The fourth-order valence-electron chi connectivity index (χ4n) is 6.90. The quantitative estimate of drug-likeness (QED) is 0.212. The van der Waals surface area contributed by atoms with E-state index in [-0.39, 0.29) is 5.54 Å². The zero-order chi connectivity index (χ0) is 28.1. The second-order valence-electron chi connectivity index (χ2n) is 11.5. The molecule has 2 nitrogen and oxygen atoms in total. The minimum Gasteiger partial charge on any atom is -0.488 e. The van der Waals surface area contributed by atoms with Gasteiger partial charge >= 0.3 is 0 Å². The molecule has 1 heterocycles. The Labute approximate surface area is 250 Å². The van der Waals surface area contributed by atoms with Crippen LogP contribution in [0.3, 0.4) is 0 Å². The number of thiophene rings is 1. The molecule has 0 amide bonds. The molecule has 7 aromatic rings. The molecule has 2 N–H and O–H groups in total. The van der Waals surface area contributed by atoms with Gasteiger partial charge in [-0.25, -0.2) is 0 Å². The number of ether oxygens (including phenoxy) is 1. The van der Waals surface area contributed by atoms with Crippen molar-refractivity contribution in [3.8, 4) is 16.2 Å². The highest BCUT2D eigenvalue weighted by molar-refractivity contribution is 7.14. The lowest BCUT2D eigenvalue weighted by Crippen LogP contribution is -2.42. The average molecular weight is 562 g/mol. The van der Waals surface area contributed by atoms with Crippen molar-refractivity contribution in [2.45, 2.75) is 31.4 Å². The molecule has 1 unspecified atom stereocenters. The van der Waals surface area contributed by atoms with Gasteiger partial charge in [-0.2, -0.15) is 0 Å². The largest absolute Gasteiger partial charge is 0.488 e. The summed E-state index contributed by atoms with van der Waals surface area (Å²) in [7, 11) is 0. The van der Waals surface area contributed by atoms with Crippen molar-refractivity contribution in [2.24, 2.45) is 5.73 Å². The highest BCUT2D eigenvalue weighted by Crippen LogP contribution is 2.43. The van der Waals surface area contributed by atoms with Gasteiger partial charge in [0.2, 0.25) is 0 Å². The molecule has 42 heavy (non-hydrogen) atoms. The number of aryl methyl sites for hydroxylation is 1. The maximum atomic E-state index is 7.23. The van der Waals surface area contributed by atoms with Crippen LogP contribution in [0.1, 0.15) is 28.7 Å². The van der Waals surface area contributed by atoms with Crippen molar-refractivity contribution in [1.82, 2.24) is 0 Å². The highest BCUT2D eigenvalue weighted by atomic mass is 32.1. The Morgan fingerprint density at radius 1 is 0.690 bits per heavy atom. The third-order valence-electron chi connectivity index (χ3n) is 9.01. The minimum absolute atomic E-state index is 0.370. The molecule has 0 bridgehead atoms. The van der Waals surface area contributed by atoms with Gasteiger partial charge in [0.05, 0.1) is 0 Å². The number of hydrogen-bond donors (Lipinski definition) is 1. The first-order valence-electron chi connectivity index (χ1n) is 14.7. The van der Waals surface area contributed by atoms with E-state index in [0.717, 1.165) is 25.0 Å². The molecule has 0 saturated heterocycles. The molecule has 204 valence electrons. The number of rotatable bonds is 5. The fourth-order valence-corrected chi connectivity index (χ4v) is 7.77. The number of hydrogen-bond acceptors (Lipinski definition) is 3. The molecule has 1 aromatic heterocycles. The predicted molar refractivity (Wildman–Crippen MR) is 177 cm³/mol. The molecular weight excluding hydrogens is 531 g/mol. The normalized spacial score (nSPS) is 16.6. The van der Waals surface area contributed by atoms with E-state index < -0.39 is 0 Å². The summed E-state index contributed by atoms with van der Waals surface area (Å²) in [6.45, 7) is 0.576. The van der Waals surface area contributed by atoms with E-state index in [9.17, 15) is 0 Å². The van der Waals surface area contributed by atoms with Crippen LogP contribution in [0, 0.1) is 0 Å². The van der Waals surface area contributed by atoms with E-state index >= 15 is 0 Å². The van der Waals surface area contributed by atoms with Crippen LogP contribution in [-0.2, 0) is 25.0 Å². The molecule has 0 aliphatic heterocycles. The van der Waals surface area contributed by atoms with Gasteiger partial charge in [0.15, 0.2) is 0 Å². The Balaban J connectivity index is 1.14. The fraction of sp³-hybridized carbons (Fsp3) is 0.128. The second-order valence-corrected chi connectivity index (χ2v) is 12.5. The summed E-state index contributed by atoms with van der Waals surface area (Å²) in [6, 6.07) is 43.6. The Morgan fingerprint density at radius 2 is 1.43 bits per heavy atom. The zero-order valence-corrected chi connectivity index (χ0v) is 24.2. The summed E-state index contributed by atoms with van der Waals surface area (Å²) < 4.78 is 6.11. The van der Waals surface area contributed by atoms with Crippen LogP contribution in [-0.4, -0.2) is 0 Å². The predicted octanol–water partition coefficient (Wildman–Crippen LogP) is 9.80. The molecule has 0 fully saturated rings. The van der Waals surface area contributed by atoms with E-state index in [1.165, 1.54) is 65.0 Å². The molecule has 1 aliphatic carbocycles. The van der Waals surface area contributed by atoms with Gasteiger partial charge in [-0.15, -0.1) is 11.3 Å². The maximum absolute atomic E-state index is 7.23. The van der Waals surface area contributed by atoms with Gasteiger partial charge in [-0.3, -0.25) is 0 Å². The highest BCUT2D eigenvalue weighted by Gasteiger charge is 2.34. The Hall–Kier alpha value is -4.44. The van der Waals surface area contributed by atoms with E-state index in [1.54, 1.807) is 11.3 Å². The number of fused-ring (bicyclic) bond motifs is 6. The van der Waals surface area contributed by atoms with Crippen LogP contribution in [0.15, 0.2) is 127 Å². The van der Waals surface area contributed by atoms with Gasteiger partial charge in [-0.1, -0.05) is 115 Å². The summed E-state index contributed by atoms with van der Waals surface area (Å²) >= 11 is 1.74. The minimum atomic E-state index is -0.370. The standard InChI is InChI=1S/C39H31NOS/c40-39(37-15-6-11-27-10-4-5-12-31(27)37)21-20-30-28(23-39)16-17-34-32-13-7-14-36(35(32)19-18-33(30)34)38-22-29(25-42-38)41-24-26-8-2-1-3-9-26/h1-19,22,25H,20-21,23-24,40H2. The number of nitrogens with two attached hydrogens (primary N) is 1. The second kappa shape index (κ2) is 10.1. The van der Waals surface area contributed by atoms with Crippen LogP contribution >= 0.6 is 11.3 Å². The maximum Gasteiger partial charge on any atom is 0.131 e. The summed E-state index contributed by atoms with van der Waals surface area (Å²) in [6.07, 6.45) is 2.77. The smallest absolute Gasteiger partial charge is 0.131 e. The summed E-state index contributed by atoms with van der Waals surface area (Å²) in [5, 5.41) is 9.89. The topological polar surface area (TPSA) is 35.2 Å². The van der Waals surface area contributed by atoms with Crippen molar-refractivity contribution >= 4 is 43.7 Å². The lowest BCUT2D eigenvalue weighted by molar-refractivity contribution is 0.307. The Kier molecular flexibility index (Phi) is 6.10. The molecule has 0 saturated carbocycles.